The Morgan fingerprint density at radius 2 is 2.19 bits per heavy atom. The number of aryl methyl sites for hydroxylation is 1. The molecule has 0 saturated heterocycles. The van der Waals surface area contributed by atoms with Crippen molar-refractivity contribution in [2.45, 2.75) is 38.0 Å². The van der Waals surface area contributed by atoms with E-state index in [-0.39, 0.29) is 11.0 Å². The molecule has 2 aromatic heterocycles. The Kier molecular flexibility index (Phi) is 4.88. The van der Waals surface area contributed by atoms with Gasteiger partial charge in [-0.3, -0.25) is 14.5 Å². The van der Waals surface area contributed by atoms with Crippen molar-refractivity contribution >= 4 is 22.7 Å². The molecule has 0 spiro atoms. The van der Waals surface area contributed by atoms with Crippen LogP contribution in [0.3, 0.4) is 0 Å². The largest absolute Gasteiger partial charge is 0.464 e. The van der Waals surface area contributed by atoms with Gasteiger partial charge in [0.05, 0.1) is 22.9 Å². The van der Waals surface area contributed by atoms with Gasteiger partial charge in [0.2, 0.25) is 0 Å². The van der Waals surface area contributed by atoms with Crippen molar-refractivity contribution in [2.24, 2.45) is 0 Å². The molecule has 3 heterocycles. The molecule has 1 aliphatic rings. The topological polar surface area (TPSA) is 79.2 Å². The minimum Gasteiger partial charge on any atom is -0.464 e. The molecule has 0 aliphatic carbocycles. The summed E-state index contributed by atoms with van der Waals surface area (Å²) in [6.45, 7) is 3.76. The van der Waals surface area contributed by atoms with Crippen LogP contribution in [0.25, 0.3) is 11.0 Å². The van der Waals surface area contributed by atoms with Crippen molar-refractivity contribution in [2.75, 3.05) is 12.8 Å². The van der Waals surface area contributed by atoms with Crippen molar-refractivity contribution in [3.8, 4) is 0 Å². The summed E-state index contributed by atoms with van der Waals surface area (Å²) in [7, 11) is 0. The molecule has 0 bridgehead atoms. The molecule has 0 amide bonds. The van der Waals surface area contributed by atoms with Crippen molar-refractivity contribution in [1.82, 2.24) is 14.9 Å². The lowest BCUT2D eigenvalue weighted by Crippen LogP contribution is -2.36. The molecular weight excluding hydrogens is 362 g/mol. The second-order valence-electron chi connectivity index (χ2n) is 6.74. The summed E-state index contributed by atoms with van der Waals surface area (Å²) in [5.41, 5.74) is 3.80. The number of aromatic amines is 1. The van der Waals surface area contributed by atoms with E-state index in [0.29, 0.717) is 46.8 Å². The molecule has 0 saturated carbocycles. The molecular formula is C20H21N3O3S. The molecule has 4 rings (SSSR count). The van der Waals surface area contributed by atoms with Crippen molar-refractivity contribution in [3.05, 3.63) is 67.4 Å². The van der Waals surface area contributed by atoms with Crippen LogP contribution in [0, 0.1) is 0 Å². The summed E-state index contributed by atoms with van der Waals surface area (Å²) < 4.78 is 5.68. The molecule has 1 aliphatic heterocycles. The van der Waals surface area contributed by atoms with Gasteiger partial charge in [0.25, 0.3) is 5.56 Å². The number of benzene rings is 1. The van der Waals surface area contributed by atoms with E-state index in [1.807, 2.05) is 24.5 Å². The molecule has 140 valence electrons. The first-order valence-electron chi connectivity index (χ1n) is 9.00. The summed E-state index contributed by atoms with van der Waals surface area (Å²) in [5, 5.41) is 1.27. The average Bonchev–Trinajstić information content (AvgIpc) is 2.70. The average molecular weight is 383 g/mol. The normalized spacial score (nSPS) is 14.4. The highest BCUT2D eigenvalue weighted by Crippen LogP contribution is 2.19. The van der Waals surface area contributed by atoms with Crippen LogP contribution in [0.1, 0.15) is 29.3 Å². The Morgan fingerprint density at radius 1 is 1.33 bits per heavy atom. The molecule has 6 nitrogen and oxygen atoms in total. The fraction of sp³-hybridized carbons (Fsp3) is 0.350. The number of aromatic nitrogens is 2. The second-order valence-corrected chi connectivity index (χ2v) is 7.53. The Hall–Kier alpha value is -2.38. The number of nitrogens with one attached hydrogen (secondary N) is 1. The third-order valence-electron chi connectivity index (χ3n) is 5.03. The van der Waals surface area contributed by atoms with Gasteiger partial charge >= 0.3 is 0 Å². The first kappa shape index (κ1) is 18.0. The van der Waals surface area contributed by atoms with Crippen molar-refractivity contribution in [3.63, 3.8) is 0 Å². The number of thioether (sulfide) groups is 1. The summed E-state index contributed by atoms with van der Waals surface area (Å²) >= 11 is 1.43. The highest BCUT2D eigenvalue weighted by atomic mass is 32.2. The summed E-state index contributed by atoms with van der Waals surface area (Å²) in [6.07, 6.45) is 5.01. The number of rotatable bonds is 4. The van der Waals surface area contributed by atoms with Crippen LogP contribution in [0.4, 0.5) is 0 Å². The fourth-order valence-corrected chi connectivity index (χ4v) is 3.87. The summed E-state index contributed by atoms with van der Waals surface area (Å²) in [5.74, 6) is 0. The second kappa shape index (κ2) is 7.32. The molecule has 0 unspecified atom stereocenters. The third-order valence-corrected chi connectivity index (χ3v) is 5.61. The zero-order valence-corrected chi connectivity index (χ0v) is 16.2. The smallest absolute Gasteiger partial charge is 0.256 e. The number of nitrogens with zero attached hydrogens (tertiary/aromatic N) is 2. The molecule has 0 fully saturated rings. The van der Waals surface area contributed by atoms with Crippen LogP contribution in [0.5, 0.6) is 0 Å². The maximum absolute atomic E-state index is 12.9. The van der Waals surface area contributed by atoms with Crippen LogP contribution in [-0.4, -0.2) is 27.7 Å². The van der Waals surface area contributed by atoms with Crippen LogP contribution >= 0.6 is 11.8 Å². The summed E-state index contributed by atoms with van der Waals surface area (Å²) in [6, 6.07) is 5.74. The quantitative estimate of drug-likeness (QED) is 0.551. The minimum absolute atomic E-state index is 0.00196. The van der Waals surface area contributed by atoms with E-state index >= 15 is 0 Å². The van der Waals surface area contributed by atoms with Gasteiger partial charge in [0, 0.05) is 31.6 Å². The van der Waals surface area contributed by atoms with Crippen LogP contribution in [-0.2, 0) is 25.9 Å². The van der Waals surface area contributed by atoms with Gasteiger partial charge in [0.1, 0.15) is 5.58 Å². The molecule has 3 aromatic rings. The minimum atomic E-state index is -0.0906. The highest BCUT2D eigenvalue weighted by Gasteiger charge is 2.22. The maximum atomic E-state index is 12.9. The molecule has 27 heavy (non-hydrogen) atoms. The first-order chi connectivity index (χ1) is 13.1. The Balaban J connectivity index is 1.63. The lowest BCUT2D eigenvalue weighted by molar-refractivity contribution is 0.238. The van der Waals surface area contributed by atoms with Crippen LogP contribution in [0.15, 0.2) is 43.6 Å². The van der Waals surface area contributed by atoms with Crippen molar-refractivity contribution in [1.29, 1.82) is 0 Å². The zero-order chi connectivity index (χ0) is 19.0. The SMILES string of the molecule is CCc1ccc2occ(CN3CCc4nc(SC)[nH]c(=O)c4C3)c(=O)c2c1. The van der Waals surface area contributed by atoms with E-state index in [9.17, 15) is 9.59 Å². The van der Waals surface area contributed by atoms with Gasteiger partial charge in [-0.05, 0) is 30.4 Å². The van der Waals surface area contributed by atoms with Gasteiger partial charge in [-0.15, -0.1) is 0 Å². The molecule has 0 atom stereocenters. The standard InChI is InChI=1S/C20H21N3O3S/c1-3-12-4-5-17-14(8-12)18(24)13(11-26-17)9-23-7-6-16-15(10-23)19(25)22-20(21-16)27-2/h4-5,8,11H,3,6-7,9-10H2,1-2H3,(H,21,22,25). The highest BCUT2D eigenvalue weighted by molar-refractivity contribution is 7.98. The van der Waals surface area contributed by atoms with E-state index in [0.717, 1.165) is 24.2 Å². The van der Waals surface area contributed by atoms with Crippen LogP contribution < -0.4 is 11.0 Å². The van der Waals surface area contributed by atoms with Gasteiger partial charge in [-0.2, -0.15) is 0 Å². The first-order valence-corrected chi connectivity index (χ1v) is 10.2. The van der Waals surface area contributed by atoms with E-state index < -0.39 is 0 Å². The lowest BCUT2D eigenvalue weighted by atomic mass is 10.1. The van der Waals surface area contributed by atoms with E-state index in [2.05, 4.69) is 21.8 Å². The van der Waals surface area contributed by atoms with Gasteiger partial charge in [-0.25, -0.2) is 4.98 Å². The number of fused-ring (bicyclic) bond motifs is 2. The van der Waals surface area contributed by atoms with E-state index in [1.54, 1.807) is 6.26 Å². The van der Waals surface area contributed by atoms with E-state index in [1.165, 1.54) is 11.8 Å². The Labute approximate surface area is 160 Å². The van der Waals surface area contributed by atoms with Crippen molar-refractivity contribution < 1.29 is 4.42 Å². The zero-order valence-electron chi connectivity index (χ0n) is 15.4. The summed E-state index contributed by atoms with van der Waals surface area (Å²) in [4.78, 5) is 34.7. The van der Waals surface area contributed by atoms with Gasteiger partial charge in [0.15, 0.2) is 10.6 Å². The molecule has 0 radical (unpaired) electrons. The third kappa shape index (κ3) is 3.44. The molecule has 1 N–H and O–H groups in total. The van der Waals surface area contributed by atoms with E-state index in [4.69, 9.17) is 4.42 Å². The predicted molar refractivity (Wildman–Crippen MR) is 106 cm³/mol. The van der Waals surface area contributed by atoms with Gasteiger partial charge < -0.3 is 9.40 Å². The lowest BCUT2D eigenvalue weighted by Gasteiger charge is -2.27. The molecule has 1 aromatic carbocycles. The maximum Gasteiger partial charge on any atom is 0.256 e. The Morgan fingerprint density at radius 3 is 2.96 bits per heavy atom. The monoisotopic (exact) mass is 383 g/mol. The van der Waals surface area contributed by atoms with Crippen LogP contribution in [0.2, 0.25) is 0 Å². The fourth-order valence-electron chi connectivity index (χ4n) is 3.48. The van der Waals surface area contributed by atoms with Gasteiger partial charge in [-0.1, -0.05) is 24.8 Å². The molecule has 7 heteroatoms. The number of hydrogen-bond donors (Lipinski definition) is 1. The Bertz CT molecular complexity index is 1120. The number of hydrogen-bond acceptors (Lipinski definition) is 6. The predicted octanol–water partition coefficient (Wildman–Crippen LogP) is 2.72. The number of H-pyrrole nitrogens is 1.